The molecule has 1 N–H and O–H groups in total. The predicted molar refractivity (Wildman–Crippen MR) is 242 cm³/mol. The second kappa shape index (κ2) is 41.6. The van der Waals surface area contributed by atoms with Gasteiger partial charge < -0.3 is 52.2 Å². The highest BCUT2D eigenvalue weighted by molar-refractivity contribution is 5.83. The fraction of sp³-hybridized carbons (Fsp3) is 0.830. The Hall–Kier alpha value is -2.84. The smallest absolute Gasteiger partial charge is 0.293 e. The number of Topliss-reactive ketones (excluding diaryl/α,β-unsaturated/α-hetero) is 2. The Bertz CT molecular complexity index is 1230. The van der Waals surface area contributed by atoms with E-state index in [-0.39, 0.29) is 49.0 Å². The number of nitrogens with zero attached hydrogens (tertiary/aromatic N) is 1. The van der Waals surface area contributed by atoms with Crippen molar-refractivity contribution < 1.29 is 66.5 Å². The summed E-state index contributed by atoms with van der Waals surface area (Å²) >= 11 is 0. The number of hydrogen-bond acceptors (Lipinski definition) is 17. The van der Waals surface area contributed by atoms with Gasteiger partial charge in [0.25, 0.3) is 6.47 Å². The molecule has 0 aromatic heterocycles. The third-order valence-corrected chi connectivity index (χ3v) is 10.9. The van der Waals surface area contributed by atoms with Crippen LogP contribution in [0.15, 0.2) is 29.5 Å². The molecule has 1 rings (SSSR count). The molecular formula is C47H82N2O15. The largest absolute Gasteiger partial charge is 0.464 e. The lowest BCUT2D eigenvalue weighted by atomic mass is 9.82. The summed E-state index contributed by atoms with van der Waals surface area (Å²) in [6.07, 6.45) is 9.64. The highest BCUT2D eigenvalue weighted by Crippen LogP contribution is 2.30. The van der Waals surface area contributed by atoms with Crippen molar-refractivity contribution in [2.45, 2.75) is 110 Å². The first-order valence-electron chi connectivity index (χ1n) is 23.3. The molecule has 0 saturated heterocycles. The van der Waals surface area contributed by atoms with Gasteiger partial charge in [-0.3, -0.25) is 19.7 Å². The van der Waals surface area contributed by atoms with E-state index in [4.69, 9.17) is 47.4 Å². The molecule has 370 valence electrons. The quantitative estimate of drug-likeness (QED) is 0.0258. The fourth-order valence-electron chi connectivity index (χ4n) is 6.93. The van der Waals surface area contributed by atoms with Crippen LogP contribution < -0.4 is 5.32 Å². The van der Waals surface area contributed by atoms with E-state index in [2.05, 4.69) is 17.1 Å². The minimum Gasteiger partial charge on any atom is -0.464 e. The maximum Gasteiger partial charge on any atom is 0.293 e. The van der Waals surface area contributed by atoms with E-state index in [1.165, 1.54) is 0 Å². The highest BCUT2D eigenvalue weighted by atomic mass is 16.6. The van der Waals surface area contributed by atoms with Gasteiger partial charge in [-0.1, -0.05) is 38.1 Å². The minimum atomic E-state index is -0.528. The number of hydrogen-bond donors (Lipinski definition) is 1. The summed E-state index contributed by atoms with van der Waals surface area (Å²) in [4.78, 5) is 59.0. The average molecular weight is 915 g/mol. The molecular weight excluding hydrogens is 833 g/mol. The number of aldehydes is 1. The molecule has 0 heterocycles. The molecule has 1 saturated carbocycles. The molecule has 17 heteroatoms. The molecule has 17 nitrogen and oxygen atoms in total. The normalized spacial score (nSPS) is 17.8. The summed E-state index contributed by atoms with van der Waals surface area (Å²) < 4.78 is 55.3. The number of ether oxygens (including phenoxy) is 10. The second-order valence-electron chi connectivity index (χ2n) is 16.3. The molecule has 0 amide bonds. The van der Waals surface area contributed by atoms with Crippen LogP contribution in [0.3, 0.4) is 0 Å². The lowest BCUT2D eigenvalue weighted by Crippen LogP contribution is -2.30. The fourth-order valence-corrected chi connectivity index (χ4v) is 6.93. The third-order valence-electron chi connectivity index (χ3n) is 10.9. The third kappa shape index (κ3) is 32.8. The molecule has 0 aromatic rings. The van der Waals surface area contributed by atoms with Crippen molar-refractivity contribution in [3.63, 3.8) is 0 Å². The topological polar surface area (TPSA) is 202 Å². The molecule has 64 heavy (non-hydrogen) atoms. The number of carbonyl (C=O) groups is 4. The Kier molecular flexibility index (Phi) is 38.4. The molecule has 0 radical (unpaired) electrons. The zero-order chi connectivity index (χ0) is 46.9. The van der Waals surface area contributed by atoms with Gasteiger partial charge in [0, 0.05) is 37.6 Å². The Morgan fingerprint density at radius 1 is 0.703 bits per heavy atom. The van der Waals surface area contributed by atoms with E-state index < -0.39 is 18.1 Å². The maximum atomic E-state index is 13.3. The van der Waals surface area contributed by atoms with Crippen LogP contribution in [0.1, 0.15) is 91.9 Å². The van der Waals surface area contributed by atoms with Crippen LogP contribution >= 0.6 is 0 Å². The Morgan fingerprint density at radius 3 is 1.67 bits per heavy atom. The molecule has 5 unspecified atom stereocenters. The SMILES string of the molecule is C=CC(C)CC(C)C(=O)CC(OCNCCOCCOCCOCCOCCOCCOCCOCCOCCC=O)/C(C)=C/C(C)C(=O)CC(CCC1CCC(N=O)CC1)OC=O. The molecule has 0 spiro atoms. The van der Waals surface area contributed by atoms with Crippen LogP contribution in [-0.2, 0) is 66.5 Å². The van der Waals surface area contributed by atoms with E-state index in [0.29, 0.717) is 144 Å². The van der Waals surface area contributed by atoms with Gasteiger partial charge in [0.2, 0.25) is 0 Å². The van der Waals surface area contributed by atoms with Crippen molar-refractivity contribution in [2.75, 3.05) is 119 Å². The zero-order valence-corrected chi connectivity index (χ0v) is 39.4. The summed E-state index contributed by atoms with van der Waals surface area (Å²) in [6, 6.07) is -0.107. The number of ketones is 2. The van der Waals surface area contributed by atoms with Gasteiger partial charge in [-0.15, -0.1) is 6.58 Å². The predicted octanol–water partition coefficient (Wildman–Crippen LogP) is 5.64. The van der Waals surface area contributed by atoms with E-state index in [1.54, 1.807) is 0 Å². The van der Waals surface area contributed by atoms with Crippen LogP contribution in [0.5, 0.6) is 0 Å². The Labute approximate surface area is 382 Å². The Balaban J connectivity index is 2.25. The number of nitroso groups, excluding NO2 is 1. The van der Waals surface area contributed by atoms with Gasteiger partial charge in [-0.25, -0.2) is 0 Å². The van der Waals surface area contributed by atoms with Gasteiger partial charge >= 0.3 is 0 Å². The van der Waals surface area contributed by atoms with E-state index in [0.717, 1.165) is 44.0 Å². The number of allylic oxidation sites excluding steroid dienone is 2. The minimum absolute atomic E-state index is 0.0566. The average Bonchev–Trinajstić information content (AvgIpc) is 3.29. The zero-order valence-electron chi connectivity index (χ0n) is 39.4. The summed E-state index contributed by atoms with van der Waals surface area (Å²) in [5.74, 6) is 0.00817. The van der Waals surface area contributed by atoms with Crippen molar-refractivity contribution in [2.24, 2.45) is 28.8 Å². The number of rotatable bonds is 47. The summed E-state index contributed by atoms with van der Waals surface area (Å²) in [6.45, 7) is 19.9. The van der Waals surface area contributed by atoms with Crippen molar-refractivity contribution in [3.05, 3.63) is 29.2 Å². The van der Waals surface area contributed by atoms with Crippen molar-refractivity contribution in [1.82, 2.24) is 5.32 Å². The lowest BCUT2D eigenvalue weighted by molar-refractivity contribution is -0.137. The summed E-state index contributed by atoms with van der Waals surface area (Å²) in [5, 5.41) is 6.39. The first-order valence-corrected chi connectivity index (χ1v) is 23.3. The van der Waals surface area contributed by atoms with E-state index in [1.807, 2.05) is 39.8 Å². The van der Waals surface area contributed by atoms with Crippen LogP contribution in [0.2, 0.25) is 0 Å². The number of carbonyl (C=O) groups excluding carboxylic acids is 4. The molecule has 1 aliphatic carbocycles. The maximum absolute atomic E-state index is 13.3. The summed E-state index contributed by atoms with van der Waals surface area (Å²) in [7, 11) is 0. The van der Waals surface area contributed by atoms with Gasteiger partial charge in [0.15, 0.2) is 0 Å². The van der Waals surface area contributed by atoms with Crippen molar-refractivity contribution >= 4 is 24.3 Å². The van der Waals surface area contributed by atoms with E-state index >= 15 is 0 Å². The first kappa shape index (κ1) is 59.2. The van der Waals surface area contributed by atoms with Gasteiger partial charge in [-0.05, 0) is 69.3 Å². The van der Waals surface area contributed by atoms with Gasteiger partial charge in [0.1, 0.15) is 24.0 Å². The Morgan fingerprint density at radius 2 is 1.20 bits per heavy atom. The highest BCUT2D eigenvalue weighted by Gasteiger charge is 2.26. The van der Waals surface area contributed by atoms with Gasteiger partial charge in [-0.2, -0.15) is 4.91 Å². The molecule has 0 aliphatic heterocycles. The molecule has 1 fully saturated rings. The van der Waals surface area contributed by atoms with E-state index in [9.17, 15) is 24.1 Å². The van der Waals surface area contributed by atoms with Crippen LogP contribution in [-0.4, -0.2) is 162 Å². The monoisotopic (exact) mass is 915 g/mol. The molecule has 1 aliphatic rings. The molecule has 0 aromatic carbocycles. The van der Waals surface area contributed by atoms with Crippen LogP contribution in [0.25, 0.3) is 0 Å². The van der Waals surface area contributed by atoms with Crippen LogP contribution in [0, 0.1) is 28.6 Å². The van der Waals surface area contributed by atoms with Crippen molar-refractivity contribution in [1.29, 1.82) is 0 Å². The van der Waals surface area contributed by atoms with Crippen molar-refractivity contribution in [3.8, 4) is 0 Å². The molecule has 0 bridgehead atoms. The van der Waals surface area contributed by atoms with Crippen LogP contribution in [0.4, 0.5) is 0 Å². The molecule has 5 atom stereocenters. The first-order chi connectivity index (χ1) is 31.1. The standard InChI is InChI=1S/C47H82N2O15/c1-6-38(2)32-39(3)46(53)35-47(41(5)33-40(4)45(52)34-44(64-37-51)13-10-42-8-11-43(49-54)12-9-42)63-36-48-14-17-56-19-21-58-23-25-60-27-29-62-31-30-61-28-26-59-24-22-57-20-18-55-16-7-15-50/h6,15,33,37-40,42-44,47-48H,1,7-14,16-32,34-36H2,2-5H3/b41-33+. The summed E-state index contributed by atoms with van der Waals surface area (Å²) in [5.41, 5.74) is 0.785. The second-order valence-corrected chi connectivity index (χ2v) is 16.3. The lowest BCUT2D eigenvalue weighted by Gasteiger charge is -2.26. The number of nitrogens with one attached hydrogen (secondary N) is 1. The van der Waals surface area contributed by atoms with Gasteiger partial charge in [0.05, 0.1) is 125 Å².